The van der Waals surface area contributed by atoms with Gasteiger partial charge in [-0.3, -0.25) is 0 Å². The number of carboxylic acid groups (broad SMARTS) is 1. The third kappa shape index (κ3) is 3.80. The van der Waals surface area contributed by atoms with E-state index in [1.54, 1.807) is 0 Å². The summed E-state index contributed by atoms with van der Waals surface area (Å²) >= 11 is 0. The predicted molar refractivity (Wildman–Crippen MR) is 75.3 cm³/mol. The summed E-state index contributed by atoms with van der Waals surface area (Å²) in [5.41, 5.74) is 2.22. The third-order valence-electron chi connectivity index (χ3n) is 2.80. The fourth-order valence-corrected chi connectivity index (χ4v) is 1.66. The molecule has 0 spiro atoms. The van der Waals surface area contributed by atoms with Crippen molar-refractivity contribution in [3.8, 4) is 0 Å². The molecule has 0 atom stereocenters. The Labute approximate surface area is 108 Å². The fourth-order valence-electron chi connectivity index (χ4n) is 1.66. The van der Waals surface area contributed by atoms with Gasteiger partial charge in [0.2, 0.25) is 0 Å². The van der Waals surface area contributed by atoms with Gasteiger partial charge in [-0.05, 0) is 38.1 Å². The molecule has 18 heavy (non-hydrogen) atoms. The molecule has 0 fully saturated rings. The standard InChI is InChI=1S/C14H20N2O2/c1-4-16(5-2)13-8-6-12(7-9-13)15-10-11(3)14(17)18/h6-9,15H,3-5,10H2,1-2H3,(H,17,18). The molecule has 0 saturated heterocycles. The lowest BCUT2D eigenvalue weighted by Gasteiger charge is -2.21. The summed E-state index contributed by atoms with van der Waals surface area (Å²) in [5.74, 6) is -0.970. The molecule has 0 radical (unpaired) electrons. The number of benzene rings is 1. The topological polar surface area (TPSA) is 52.6 Å². The Morgan fingerprint density at radius 1 is 1.28 bits per heavy atom. The fraction of sp³-hybridized carbons (Fsp3) is 0.357. The molecule has 1 aromatic carbocycles. The highest BCUT2D eigenvalue weighted by molar-refractivity contribution is 5.86. The van der Waals surface area contributed by atoms with E-state index in [-0.39, 0.29) is 12.1 Å². The van der Waals surface area contributed by atoms with Gasteiger partial charge in [0.15, 0.2) is 0 Å². The molecule has 2 N–H and O–H groups in total. The van der Waals surface area contributed by atoms with Crippen LogP contribution in [0.3, 0.4) is 0 Å². The van der Waals surface area contributed by atoms with Crippen molar-refractivity contribution in [1.82, 2.24) is 0 Å². The van der Waals surface area contributed by atoms with Crippen molar-refractivity contribution in [2.75, 3.05) is 29.9 Å². The quantitative estimate of drug-likeness (QED) is 0.728. The Morgan fingerprint density at radius 3 is 2.28 bits per heavy atom. The first-order valence-corrected chi connectivity index (χ1v) is 6.08. The summed E-state index contributed by atoms with van der Waals surface area (Å²) in [5, 5.41) is 11.7. The Morgan fingerprint density at radius 2 is 1.83 bits per heavy atom. The third-order valence-corrected chi connectivity index (χ3v) is 2.80. The minimum absolute atomic E-state index is 0.155. The maximum atomic E-state index is 10.6. The molecule has 0 saturated carbocycles. The van der Waals surface area contributed by atoms with E-state index in [9.17, 15) is 4.79 Å². The highest BCUT2D eigenvalue weighted by atomic mass is 16.4. The molecule has 98 valence electrons. The van der Waals surface area contributed by atoms with Gasteiger partial charge in [0.1, 0.15) is 0 Å². The minimum atomic E-state index is -0.970. The van der Waals surface area contributed by atoms with Crippen molar-refractivity contribution in [3.63, 3.8) is 0 Å². The van der Waals surface area contributed by atoms with E-state index in [1.807, 2.05) is 24.3 Å². The lowest BCUT2D eigenvalue weighted by molar-refractivity contribution is -0.132. The van der Waals surface area contributed by atoms with E-state index in [4.69, 9.17) is 5.11 Å². The molecule has 4 heteroatoms. The van der Waals surface area contributed by atoms with Crippen molar-refractivity contribution >= 4 is 17.3 Å². The highest BCUT2D eigenvalue weighted by Gasteiger charge is 2.04. The van der Waals surface area contributed by atoms with Gasteiger partial charge in [-0.25, -0.2) is 4.79 Å². The normalized spacial score (nSPS) is 9.89. The molecule has 0 bridgehead atoms. The van der Waals surface area contributed by atoms with Crippen LogP contribution >= 0.6 is 0 Å². The monoisotopic (exact) mass is 248 g/mol. The average molecular weight is 248 g/mol. The number of carbonyl (C=O) groups is 1. The van der Waals surface area contributed by atoms with E-state index in [0.29, 0.717) is 0 Å². The van der Waals surface area contributed by atoms with Crippen LogP contribution in [0.15, 0.2) is 36.4 Å². The van der Waals surface area contributed by atoms with Crippen LogP contribution in [0.5, 0.6) is 0 Å². The van der Waals surface area contributed by atoms with E-state index >= 15 is 0 Å². The van der Waals surface area contributed by atoms with Crippen molar-refractivity contribution in [3.05, 3.63) is 36.4 Å². The van der Waals surface area contributed by atoms with Gasteiger partial charge in [-0.15, -0.1) is 0 Å². The number of nitrogens with one attached hydrogen (secondary N) is 1. The van der Waals surface area contributed by atoms with Crippen LogP contribution in [0.1, 0.15) is 13.8 Å². The zero-order valence-electron chi connectivity index (χ0n) is 10.9. The van der Waals surface area contributed by atoms with E-state index in [1.165, 1.54) is 5.69 Å². The van der Waals surface area contributed by atoms with Crippen molar-refractivity contribution in [2.45, 2.75) is 13.8 Å². The van der Waals surface area contributed by atoms with Gasteiger partial charge < -0.3 is 15.3 Å². The second-order valence-electron chi connectivity index (χ2n) is 3.98. The van der Waals surface area contributed by atoms with Gasteiger partial charge in [-0.2, -0.15) is 0 Å². The van der Waals surface area contributed by atoms with Gasteiger partial charge in [0.05, 0.1) is 0 Å². The van der Waals surface area contributed by atoms with Crippen LogP contribution in [0.25, 0.3) is 0 Å². The second kappa shape index (κ2) is 6.69. The number of aliphatic carboxylic acids is 1. The summed E-state index contributed by atoms with van der Waals surface area (Å²) in [7, 11) is 0. The van der Waals surface area contributed by atoms with Crippen LogP contribution < -0.4 is 10.2 Å². The first-order chi connectivity index (χ1) is 8.58. The first kappa shape index (κ1) is 14.1. The molecular weight excluding hydrogens is 228 g/mol. The number of nitrogens with zero attached hydrogens (tertiary/aromatic N) is 1. The molecule has 4 nitrogen and oxygen atoms in total. The van der Waals surface area contributed by atoms with E-state index < -0.39 is 5.97 Å². The summed E-state index contributed by atoms with van der Waals surface area (Å²) in [4.78, 5) is 12.8. The molecule has 1 aromatic rings. The highest BCUT2D eigenvalue weighted by Crippen LogP contribution is 2.17. The number of anilines is 2. The van der Waals surface area contributed by atoms with Crippen LogP contribution in [-0.4, -0.2) is 30.7 Å². The number of hydrogen-bond donors (Lipinski definition) is 2. The summed E-state index contributed by atoms with van der Waals surface area (Å²) in [6, 6.07) is 7.95. The van der Waals surface area contributed by atoms with Gasteiger partial charge in [-0.1, -0.05) is 6.58 Å². The van der Waals surface area contributed by atoms with Crippen LogP contribution in [-0.2, 0) is 4.79 Å². The molecule has 0 amide bonds. The minimum Gasteiger partial charge on any atom is -0.478 e. The number of rotatable bonds is 7. The summed E-state index contributed by atoms with van der Waals surface area (Å²) in [6.45, 7) is 9.90. The summed E-state index contributed by atoms with van der Waals surface area (Å²) in [6.07, 6.45) is 0. The molecule has 0 aromatic heterocycles. The molecular formula is C14H20N2O2. The number of hydrogen-bond acceptors (Lipinski definition) is 3. The Hall–Kier alpha value is -1.97. The van der Waals surface area contributed by atoms with Crippen molar-refractivity contribution in [1.29, 1.82) is 0 Å². The first-order valence-electron chi connectivity index (χ1n) is 6.08. The zero-order chi connectivity index (χ0) is 13.5. The second-order valence-corrected chi connectivity index (χ2v) is 3.98. The largest absolute Gasteiger partial charge is 0.478 e. The van der Waals surface area contributed by atoms with Gasteiger partial charge >= 0.3 is 5.97 Å². The lowest BCUT2D eigenvalue weighted by Crippen LogP contribution is -2.21. The average Bonchev–Trinajstić information content (AvgIpc) is 2.38. The van der Waals surface area contributed by atoms with E-state index in [0.717, 1.165) is 18.8 Å². The smallest absolute Gasteiger partial charge is 0.332 e. The Bertz CT molecular complexity index is 408. The number of carboxylic acids is 1. The molecule has 0 aliphatic rings. The SMILES string of the molecule is C=C(CNc1ccc(N(CC)CC)cc1)C(=O)O. The predicted octanol–water partition coefficient (Wildman–Crippen LogP) is 2.59. The van der Waals surface area contributed by atoms with Crippen LogP contribution in [0.4, 0.5) is 11.4 Å². The maximum Gasteiger partial charge on any atom is 0.332 e. The van der Waals surface area contributed by atoms with Gasteiger partial charge in [0, 0.05) is 36.6 Å². The van der Waals surface area contributed by atoms with Crippen molar-refractivity contribution in [2.24, 2.45) is 0 Å². The van der Waals surface area contributed by atoms with Gasteiger partial charge in [0.25, 0.3) is 0 Å². The van der Waals surface area contributed by atoms with Crippen LogP contribution in [0.2, 0.25) is 0 Å². The molecule has 0 unspecified atom stereocenters. The molecule has 1 rings (SSSR count). The Balaban J connectivity index is 2.60. The maximum absolute atomic E-state index is 10.6. The Kier molecular flexibility index (Phi) is 5.24. The lowest BCUT2D eigenvalue weighted by atomic mass is 10.2. The van der Waals surface area contributed by atoms with E-state index in [2.05, 4.69) is 30.6 Å². The summed E-state index contributed by atoms with van der Waals surface area (Å²) < 4.78 is 0. The van der Waals surface area contributed by atoms with Crippen LogP contribution in [0, 0.1) is 0 Å². The molecule has 0 aliphatic carbocycles. The van der Waals surface area contributed by atoms with Crippen molar-refractivity contribution < 1.29 is 9.90 Å². The molecule has 0 aliphatic heterocycles. The zero-order valence-corrected chi connectivity index (χ0v) is 10.9. The molecule has 0 heterocycles.